The van der Waals surface area contributed by atoms with Gasteiger partial charge in [0.2, 0.25) is 5.91 Å². The molecule has 3 aromatic rings. The second-order valence-electron chi connectivity index (χ2n) is 8.51. The molecule has 34 heavy (non-hydrogen) atoms. The summed E-state index contributed by atoms with van der Waals surface area (Å²) in [7, 11) is 0. The fraction of sp³-hybridized carbons (Fsp3) is 0.240. The molecule has 3 amide bonds. The molecule has 1 saturated heterocycles. The number of likely N-dealkylation sites (tertiary alicyclic amines) is 1. The van der Waals surface area contributed by atoms with E-state index in [2.05, 4.69) is 10.6 Å². The van der Waals surface area contributed by atoms with Gasteiger partial charge in [-0.25, -0.2) is 9.18 Å². The monoisotopic (exact) mass is 482 g/mol. The smallest absolute Gasteiger partial charge is 0.322 e. The summed E-state index contributed by atoms with van der Waals surface area (Å²) in [6.07, 6.45) is 2.03. The Bertz CT molecular complexity index is 1290. The third-order valence-electron chi connectivity index (χ3n) is 5.73. The first kappa shape index (κ1) is 23.5. The van der Waals surface area contributed by atoms with Crippen molar-refractivity contribution in [2.24, 2.45) is 5.92 Å². The number of nitrogens with zero attached hydrogens (tertiary/aromatic N) is 2. The van der Waals surface area contributed by atoms with E-state index in [1.807, 2.05) is 6.92 Å². The normalized spacial score (nSPS) is 17.5. The molecule has 4 rings (SSSR count). The summed E-state index contributed by atoms with van der Waals surface area (Å²) in [6.45, 7) is 4.15. The van der Waals surface area contributed by atoms with E-state index in [0.29, 0.717) is 29.4 Å². The van der Waals surface area contributed by atoms with E-state index in [4.69, 9.17) is 11.6 Å². The number of pyridine rings is 1. The SMILES string of the molecule is Cc1ccn(-c2ccc(NC(=O)C3CC(C)CN3C(=O)Nc3ccc(Cl)cc3)c(F)c2)c(=O)c1. The number of urea groups is 1. The fourth-order valence-electron chi connectivity index (χ4n) is 4.01. The zero-order valence-corrected chi connectivity index (χ0v) is 19.5. The van der Waals surface area contributed by atoms with Crippen molar-refractivity contribution in [2.45, 2.75) is 26.3 Å². The summed E-state index contributed by atoms with van der Waals surface area (Å²) in [5.41, 5.74) is 1.41. The van der Waals surface area contributed by atoms with Crippen LogP contribution in [0, 0.1) is 18.7 Å². The highest BCUT2D eigenvalue weighted by Crippen LogP contribution is 2.26. The van der Waals surface area contributed by atoms with Crippen LogP contribution in [0.25, 0.3) is 5.69 Å². The molecule has 0 aliphatic carbocycles. The van der Waals surface area contributed by atoms with Gasteiger partial charge in [0.05, 0.1) is 11.4 Å². The van der Waals surface area contributed by atoms with Crippen LogP contribution in [0.5, 0.6) is 0 Å². The largest absolute Gasteiger partial charge is 0.322 e. The fourth-order valence-corrected chi connectivity index (χ4v) is 4.14. The number of rotatable bonds is 4. The van der Waals surface area contributed by atoms with Gasteiger partial charge in [0.25, 0.3) is 5.56 Å². The summed E-state index contributed by atoms with van der Waals surface area (Å²) < 4.78 is 16.1. The first-order valence-electron chi connectivity index (χ1n) is 10.8. The lowest BCUT2D eigenvalue weighted by molar-refractivity contribution is -0.119. The van der Waals surface area contributed by atoms with Gasteiger partial charge in [0.1, 0.15) is 11.9 Å². The van der Waals surface area contributed by atoms with Crippen molar-refractivity contribution >= 4 is 34.9 Å². The average Bonchev–Trinajstić information content (AvgIpc) is 3.19. The predicted octanol–water partition coefficient (Wildman–Crippen LogP) is 4.82. The maximum absolute atomic E-state index is 14.8. The first-order valence-corrected chi connectivity index (χ1v) is 11.2. The van der Waals surface area contributed by atoms with Crippen LogP contribution < -0.4 is 16.2 Å². The molecule has 1 aliphatic rings. The zero-order chi connectivity index (χ0) is 24.4. The number of aryl methyl sites for hydroxylation is 1. The van der Waals surface area contributed by atoms with Gasteiger partial charge in [0, 0.05) is 35.6 Å². The number of carbonyl (C=O) groups is 2. The van der Waals surface area contributed by atoms with Gasteiger partial charge in [-0.3, -0.25) is 14.2 Å². The van der Waals surface area contributed by atoms with E-state index in [9.17, 15) is 18.8 Å². The second-order valence-corrected chi connectivity index (χ2v) is 8.95. The van der Waals surface area contributed by atoms with Crippen LogP contribution in [-0.2, 0) is 4.79 Å². The molecule has 9 heteroatoms. The number of amides is 3. The molecular formula is C25H24ClFN4O3. The highest BCUT2D eigenvalue weighted by molar-refractivity contribution is 6.30. The minimum absolute atomic E-state index is 0.0217. The Morgan fingerprint density at radius 1 is 1.06 bits per heavy atom. The van der Waals surface area contributed by atoms with Gasteiger partial charge in [-0.05, 0) is 67.3 Å². The maximum atomic E-state index is 14.8. The lowest BCUT2D eigenvalue weighted by atomic mass is 10.1. The molecule has 1 aliphatic heterocycles. The van der Waals surface area contributed by atoms with Crippen LogP contribution in [0.1, 0.15) is 18.9 Å². The third-order valence-corrected chi connectivity index (χ3v) is 5.98. The third kappa shape index (κ3) is 5.12. The molecule has 0 spiro atoms. The van der Waals surface area contributed by atoms with Gasteiger partial charge < -0.3 is 15.5 Å². The minimum atomic E-state index is -0.749. The highest BCUT2D eigenvalue weighted by atomic mass is 35.5. The van der Waals surface area contributed by atoms with Crippen LogP contribution in [0.2, 0.25) is 5.02 Å². The summed E-state index contributed by atoms with van der Waals surface area (Å²) in [4.78, 5) is 39.5. The van der Waals surface area contributed by atoms with E-state index in [0.717, 1.165) is 5.56 Å². The van der Waals surface area contributed by atoms with Gasteiger partial charge in [-0.2, -0.15) is 0 Å². The summed E-state index contributed by atoms with van der Waals surface area (Å²) in [6, 6.07) is 12.9. The van der Waals surface area contributed by atoms with E-state index in [1.165, 1.54) is 27.7 Å². The highest BCUT2D eigenvalue weighted by Gasteiger charge is 2.38. The van der Waals surface area contributed by atoms with Crippen molar-refractivity contribution in [1.29, 1.82) is 0 Å². The molecule has 2 aromatic carbocycles. The van der Waals surface area contributed by atoms with E-state index in [1.54, 1.807) is 49.5 Å². The number of anilines is 2. The van der Waals surface area contributed by atoms with Crippen molar-refractivity contribution < 1.29 is 14.0 Å². The average molecular weight is 483 g/mol. The molecule has 2 N–H and O–H groups in total. The lowest BCUT2D eigenvalue weighted by Gasteiger charge is -2.24. The Morgan fingerprint density at radius 3 is 2.47 bits per heavy atom. The molecule has 2 atom stereocenters. The predicted molar refractivity (Wildman–Crippen MR) is 130 cm³/mol. The number of hydrogen-bond acceptors (Lipinski definition) is 3. The Morgan fingerprint density at radius 2 is 1.79 bits per heavy atom. The van der Waals surface area contributed by atoms with Crippen molar-refractivity contribution in [2.75, 3.05) is 17.2 Å². The zero-order valence-electron chi connectivity index (χ0n) is 18.7. The van der Waals surface area contributed by atoms with Crippen LogP contribution in [-0.4, -0.2) is 34.0 Å². The molecule has 2 unspecified atom stereocenters. The van der Waals surface area contributed by atoms with Crippen molar-refractivity contribution in [3.05, 3.63) is 87.6 Å². The van der Waals surface area contributed by atoms with Crippen LogP contribution in [0.3, 0.4) is 0 Å². The Balaban J connectivity index is 1.48. The quantitative estimate of drug-likeness (QED) is 0.559. The molecule has 1 aromatic heterocycles. The van der Waals surface area contributed by atoms with Gasteiger partial charge in [-0.15, -0.1) is 0 Å². The molecule has 7 nitrogen and oxygen atoms in total. The Hall–Kier alpha value is -3.65. The van der Waals surface area contributed by atoms with Crippen LogP contribution >= 0.6 is 11.6 Å². The van der Waals surface area contributed by atoms with Gasteiger partial charge in [0.15, 0.2) is 0 Å². The minimum Gasteiger partial charge on any atom is -0.322 e. The standard InChI is InChI=1S/C25H24ClFN4O3/c1-15-9-10-30(23(32)12-15)19-7-8-21(20(27)13-19)29-24(33)22-11-16(2)14-31(22)25(34)28-18-5-3-17(26)4-6-18/h3-10,12-13,16,22H,11,14H2,1-2H3,(H,28,34)(H,29,33). The first-order chi connectivity index (χ1) is 16.2. The molecule has 176 valence electrons. The van der Waals surface area contributed by atoms with Gasteiger partial charge >= 0.3 is 6.03 Å². The van der Waals surface area contributed by atoms with Crippen LogP contribution in [0.15, 0.2) is 65.6 Å². The molecule has 1 fully saturated rings. The second kappa shape index (κ2) is 9.69. The molecular weight excluding hydrogens is 459 g/mol. The van der Waals surface area contributed by atoms with E-state index >= 15 is 0 Å². The van der Waals surface area contributed by atoms with E-state index < -0.39 is 23.8 Å². The van der Waals surface area contributed by atoms with Crippen molar-refractivity contribution in [3.8, 4) is 5.69 Å². The molecule has 0 radical (unpaired) electrons. The van der Waals surface area contributed by atoms with Crippen LogP contribution in [0.4, 0.5) is 20.6 Å². The number of carbonyl (C=O) groups excluding carboxylic acids is 2. The maximum Gasteiger partial charge on any atom is 0.322 e. The Labute approximate surface area is 201 Å². The van der Waals surface area contributed by atoms with Crippen molar-refractivity contribution in [1.82, 2.24) is 9.47 Å². The molecule has 0 bridgehead atoms. The topological polar surface area (TPSA) is 83.4 Å². The number of hydrogen-bond donors (Lipinski definition) is 2. The van der Waals surface area contributed by atoms with Crippen molar-refractivity contribution in [3.63, 3.8) is 0 Å². The number of nitrogens with one attached hydrogen (secondary N) is 2. The summed E-state index contributed by atoms with van der Waals surface area (Å²) in [5.74, 6) is -1.05. The molecule has 2 heterocycles. The summed E-state index contributed by atoms with van der Waals surface area (Å²) >= 11 is 5.88. The molecule has 0 saturated carbocycles. The number of benzene rings is 2. The Kier molecular flexibility index (Phi) is 6.70. The van der Waals surface area contributed by atoms with E-state index in [-0.39, 0.29) is 17.2 Å². The van der Waals surface area contributed by atoms with Gasteiger partial charge in [-0.1, -0.05) is 18.5 Å². The number of aromatic nitrogens is 1. The summed E-state index contributed by atoms with van der Waals surface area (Å²) in [5, 5.41) is 5.91. The lowest BCUT2D eigenvalue weighted by Crippen LogP contribution is -2.45. The number of halogens is 2.